The molecule has 2 heterocycles. The highest BCUT2D eigenvalue weighted by atomic mass is 35.5. The normalized spacial score (nSPS) is 16.8. The van der Waals surface area contributed by atoms with Crippen molar-refractivity contribution in [3.8, 4) is 17.4 Å². The van der Waals surface area contributed by atoms with Crippen LogP contribution in [0.3, 0.4) is 0 Å². The molecule has 0 fully saturated rings. The average molecular weight is 279 g/mol. The van der Waals surface area contributed by atoms with E-state index in [1.54, 1.807) is 6.07 Å². The molecule has 6 heteroatoms. The molecule has 1 aliphatic rings. The van der Waals surface area contributed by atoms with E-state index < -0.39 is 0 Å². The number of fused-ring (bicyclic) bond motifs is 1. The van der Waals surface area contributed by atoms with Gasteiger partial charge in [-0.15, -0.1) is 5.10 Å². The van der Waals surface area contributed by atoms with Gasteiger partial charge in [-0.05, 0) is 12.1 Å². The molecule has 1 atom stereocenters. The fourth-order valence-corrected chi connectivity index (χ4v) is 2.21. The Kier molecular flexibility index (Phi) is 2.91. The zero-order valence-corrected chi connectivity index (χ0v) is 10.9. The van der Waals surface area contributed by atoms with Crippen molar-refractivity contribution in [3.05, 3.63) is 45.2 Å². The molecule has 0 saturated carbocycles. The first kappa shape index (κ1) is 12.0. The molecule has 0 aliphatic carbocycles. The minimum Gasteiger partial charge on any atom is -0.493 e. The van der Waals surface area contributed by atoms with Gasteiger partial charge in [0.1, 0.15) is 16.7 Å². The molecule has 0 spiro atoms. The summed E-state index contributed by atoms with van der Waals surface area (Å²) in [7, 11) is 0. The second-order valence-corrected chi connectivity index (χ2v) is 4.77. The Morgan fingerprint density at radius 2 is 2.37 bits per heavy atom. The molecule has 1 aliphatic heterocycles. The van der Waals surface area contributed by atoms with Crippen molar-refractivity contribution >= 4 is 11.6 Å². The number of aromatic amines is 1. The number of rotatable bonds is 2. The SMILES string of the molecule is CC1COc2cccc(Oc3n[nH]c(Cl)cc3=O)c21. The lowest BCUT2D eigenvalue weighted by molar-refractivity contribution is 0.337. The van der Waals surface area contributed by atoms with E-state index in [1.165, 1.54) is 6.07 Å². The fourth-order valence-electron chi connectivity index (χ4n) is 2.07. The van der Waals surface area contributed by atoms with Gasteiger partial charge < -0.3 is 9.47 Å². The molecule has 0 amide bonds. The average Bonchev–Trinajstić information content (AvgIpc) is 2.76. The van der Waals surface area contributed by atoms with E-state index in [4.69, 9.17) is 21.1 Å². The van der Waals surface area contributed by atoms with Crippen LogP contribution in [-0.4, -0.2) is 16.8 Å². The molecular formula is C13H11ClN2O3. The van der Waals surface area contributed by atoms with Gasteiger partial charge in [-0.25, -0.2) is 0 Å². The summed E-state index contributed by atoms with van der Waals surface area (Å²) in [5, 5.41) is 6.46. The number of aromatic nitrogens is 2. The summed E-state index contributed by atoms with van der Waals surface area (Å²) in [6.45, 7) is 2.65. The van der Waals surface area contributed by atoms with Gasteiger partial charge in [-0.1, -0.05) is 24.6 Å². The largest absolute Gasteiger partial charge is 0.493 e. The predicted molar refractivity (Wildman–Crippen MR) is 70.3 cm³/mol. The van der Waals surface area contributed by atoms with Gasteiger partial charge in [0.05, 0.1) is 6.61 Å². The number of hydrogen-bond acceptors (Lipinski definition) is 4. The Labute approximate surface area is 114 Å². The Bertz CT molecular complexity index is 684. The highest BCUT2D eigenvalue weighted by molar-refractivity contribution is 6.29. The number of nitrogens with zero attached hydrogens (tertiary/aromatic N) is 1. The summed E-state index contributed by atoms with van der Waals surface area (Å²) in [6.07, 6.45) is 0. The van der Waals surface area contributed by atoms with Crippen LogP contribution in [0.25, 0.3) is 0 Å². The van der Waals surface area contributed by atoms with Gasteiger partial charge in [0, 0.05) is 17.5 Å². The molecule has 2 aromatic rings. The second-order valence-electron chi connectivity index (χ2n) is 4.37. The molecule has 5 nitrogen and oxygen atoms in total. The van der Waals surface area contributed by atoms with Gasteiger partial charge in [0.15, 0.2) is 0 Å². The summed E-state index contributed by atoms with van der Waals surface area (Å²) < 4.78 is 11.1. The molecule has 1 unspecified atom stereocenters. The smallest absolute Gasteiger partial charge is 0.285 e. The van der Waals surface area contributed by atoms with Gasteiger partial charge in [0.2, 0.25) is 5.43 Å². The maximum absolute atomic E-state index is 11.7. The number of nitrogens with one attached hydrogen (secondary N) is 1. The third-order valence-electron chi connectivity index (χ3n) is 2.95. The van der Waals surface area contributed by atoms with Crippen LogP contribution in [0.2, 0.25) is 5.15 Å². The van der Waals surface area contributed by atoms with Crippen molar-refractivity contribution in [3.63, 3.8) is 0 Å². The monoisotopic (exact) mass is 278 g/mol. The highest BCUT2D eigenvalue weighted by Crippen LogP contribution is 2.41. The van der Waals surface area contributed by atoms with Crippen molar-refractivity contribution < 1.29 is 9.47 Å². The van der Waals surface area contributed by atoms with Crippen molar-refractivity contribution in [2.24, 2.45) is 0 Å². The Hall–Kier alpha value is -2.01. The van der Waals surface area contributed by atoms with Gasteiger partial charge in [-0.3, -0.25) is 9.89 Å². The Morgan fingerprint density at radius 1 is 1.53 bits per heavy atom. The number of H-pyrrole nitrogens is 1. The number of ether oxygens (including phenoxy) is 2. The van der Waals surface area contributed by atoms with Crippen LogP contribution < -0.4 is 14.9 Å². The van der Waals surface area contributed by atoms with Crippen molar-refractivity contribution in [1.29, 1.82) is 0 Å². The maximum Gasteiger partial charge on any atom is 0.285 e. The van der Waals surface area contributed by atoms with Crippen LogP contribution in [0, 0.1) is 0 Å². The molecular weight excluding hydrogens is 268 g/mol. The van der Waals surface area contributed by atoms with Crippen LogP contribution in [-0.2, 0) is 0 Å². The lowest BCUT2D eigenvalue weighted by Crippen LogP contribution is -2.08. The first-order valence-corrected chi connectivity index (χ1v) is 6.21. The molecule has 19 heavy (non-hydrogen) atoms. The zero-order chi connectivity index (χ0) is 13.4. The first-order valence-electron chi connectivity index (χ1n) is 5.84. The van der Waals surface area contributed by atoms with E-state index in [1.807, 2.05) is 19.1 Å². The summed E-state index contributed by atoms with van der Waals surface area (Å²) >= 11 is 5.64. The van der Waals surface area contributed by atoms with Crippen LogP contribution in [0.15, 0.2) is 29.1 Å². The maximum atomic E-state index is 11.7. The zero-order valence-electron chi connectivity index (χ0n) is 10.1. The van der Waals surface area contributed by atoms with Gasteiger partial charge in [0.25, 0.3) is 5.88 Å². The fraction of sp³-hybridized carbons (Fsp3) is 0.231. The molecule has 1 aromatic heterocycles. The first-order chi connectivity index (χ1) is 9.15. The van der Waals surface area contributed by atoms with Crippen LogP contribution in [0.4, 0.5) is 0 Å². The number of halogens is 1. The van der Waals surface area contributed by atoms with E-state index in [0.29, 0.717) is 12.4 Å². The van der Waals surface area contributed by atoms with Crippen molar-refractivity contribution in [2.45, 2.75) is 12.8 Å². The standard InChI is InChI=1S/C13H11ClN2O3/c1-7-6-18-9-3-2-4-10(12(7)9)19-13-8(17)5-11(14)15-16-13/h2-5,7H,6H2,1H3,(H,15,17). The van der Waals surface area contributed by atoms with E-state index in [2.05, 4.69) is 10.2 Å². The third-order valence-corrected chi connectivity index (χ3v) is 3.14. The van der Waals surface area contributed by atoms with Gasteiger partial charge >= 0.3 is 0 Å². The molecule has 1 N–H and O–H groups in total. The quantitative estimate of drug-likeness (QED) is 0.917. The topological polar surface area (TPSA) is 64.2 Å². The summed E-state index contributed by atoms with van der Waals surface area (Å²) in [4.78, 5) is 11.7. The third kappa shape index (κ3) is 2.17. The van der Waals surface area contributed by atoms with Gasteiger partial charge in [-0.2, -0.15) is 0 Å². The lowest BCUT2D eigenvalue weighted by atomic mass is 10.0. The second kappa shape index (κ2) is 4.59. The molecule has 3 rings (SSSR count). The molecule has 1 aromatic carbocycles. The Balaban J connectivity index is 2.01. The van der Waals surface area contributed by atoms with E-state index in [-0.39, 0.29) is 22.4 Å². The van der Waals surface area contributed by atoms with E-state index in [0.717, 1.165) is 11.3 Å². The summed E-state index contributed by atoms with van der Waals surface area (Å²) in [5.74, 6) is 1.56. The molecule has 0 saturated heterocycles. The molecule has 0 bridgehead atoms. The lowest BCUT2D eigenvalue weighted by Gasteiger charge is -2.09. The van der Waals surface area contributed by atoms with E-state index in [9.17, 15) is 4.79 Å². The molecule has 98 valence electrons. The highest BCUT2D eigenvalue weighted by Gasteiger charge is 2.25. The number of hydrogen-bond donors (Lipinski definition) is 1. The van der Waals surface area contributed by atoms with Crippen molar-refractivity contribution in [1.82, 2.24) is 10.2 Å². The van der Waals surface area contributed by atoms with E-state index >= 15 is 0 Å². The minimum atomic E-state index is -0.368. The minimum absolute atomic E-state index is 0.0306. The van der Waals surface area contributed by atoms with Crippen LogP contribution in [0.5, 0.6) is 17.4 Å². The molecule has 0 radical (unpaired) electrons. The number of benzene rings is 1. The summed E-state index contributed by atoms with van der Waals surface area (Å²) in [6, 6.07) is 6.72. The van der Waals surface area contributed by atoms with Crippen molar-refractivity contribution in [2.75, 3.05) is 6.61 Å². The Morgan fingerprint density at radius 3 is 3.16 bits per heavy atom. The van der Waals surface area contributed by atoms with Crippen LogP contribution in [0.1, 0.15) is 18.4 Å². The summed E-state index contributed by atoms with van der Waals surface area (Å²) in [5.41, 5.74) is 0.589. The predicted octanol–water partition coefficient (Wildman–Crippen LogP) is 2.71. The van der Waals surface area contributed by atoms with Crippen LogP contribution >= 0.6 is 11.6 Å².